The van der Waals surface area contributed by atoms with E-state index in [1.165, 1.54) is 18.4 Å². The lowest BCUT2D eigenvalue weighted by molar-refractivity contribution is 0.102. The zero-order valence-corrected chi connectivity index (χ0v) is 21.7. The minimum Gasteiger partial charge on any atom is -0.496 e. The minimum atomic E-state index is -0.281. The van der Waals surface area contributed by atoms with E-state index in [1.54, 1.807) is 19.2 Å². The van der Waals surface area contributed by atoms with Crippen molar-refractivity contribution >= 4 is 11.9 Å². The molecule has 2 bridgehead atoms. The van der Waals surface area contributed by atoms with E-state index in [-0.39, 0.29) is 17.8 Å². The molecule has 2 aliphatic rings. The number of benzene rings is 3. The van der Waals surface area contributed by atoms with Crippen molar-refractivity contribution < 1.29 is 14.1 Å². The summed E-state index contributed by atoms with van der Waals surface area (Å²) in [4.78, 5) is 17.3. The fraction of sp³-hybridized carbons (Fsp3) is 0.323. The second-order valence-corrected chi connectivity index (χ2v) is 10.4. The Morgan fingerprint density at radius 1 is 1.00 bits per heavy atom. The van der Waals surface area contributed by atoms with Crippen molar-refractivity contribution in [2.45, 2.75) is 56.5 Å². The molecule has 2 fully saturated rings. The highest BCUT2D eigenvalue weighted by molar-refractivity contribution is 6.03. The number of fused-ring (bicyclic) bond motifs is 2. The molecule has 0 radical (unpaired) electrons. The summed E-state index contributed by atoms with van der Waals surface area (Å²) in [6, 6.07) is 25.0. The first-order valence-electron chi connectivity index (χ1n) is 13.3. The van der Waals surface area contributed by atoms with E-state index in [2.05, 4.69) is 32.9 Å². The van der Waals surface area contributed by atoms with Crippen molar-refractivity contribution in [3.63, 3.8) is 0 Å². The maximum Gasteiger partial charge on any atom is 0.270 e. The van der Waals surface area contributed by atoms with Gasteiger partial charge in [0.1, 0.15) is 5.75 Å². The summed E-state index contributed by atoms with van der Waals surface area (Å²) < 4.78 is 11.3. The predicted octanol–water partition coefficient (Wildman–Crippen LogP) is 6.15. The molecule has 0 saturated carbocycles. The Bertz CT molecular complexity index is 1400. The molecular weight excluding hydrogens is 476 g/mol. The third-order valence-corrected chi connectivity index (χ3v) is 7.96. The van der Waals surface area contributed by atoms with E-state index in [1.807, 2.05) is 55.5 Å². The molecule has 194 valence electrons. The highest BCUT2D eigenvalue weighted by atomic mass is 16.5. The number of methoxy groups -OCH3 is 1. The number of carbonyl (C=O) groups is 1. The molecule has 6 rings (SSSR count). The molecule has 7 nitrogen and oxygen atoms in total. The molecule has 4 aromatic rings. The number of ether oxygens (including phenoxy) is 1. The van der Waals surface area contributed by atoms with Gasteiger partial charge in [-0.3, -0.25) is 10.1 Å². The van der Waals surface area contributed by atoms with Gasteiger partial charge in [-0.05, 0) is 84.1 Å². The van der Waals surface area contributed by atoms with Crippen LogP contribution in [0.4, 0.5) is 5.95 Å². The lowest BCUT2D eigenvalue weighted by Gasteiger charge is -2.30. The van der Waals surface area contributed by atoms with Gasteiger partial charge in [0.25, 0.3) is 11.9 Å². The van der Waals surface area contributed by atoms with Crippen LogP contribution < -0.4 is 15.4 Å². The third kappa shape index (κ3) is 4.94. The van der Waals surface area contributed by atoms with Crippen molar-refractivity contribution in [2.75, 3.05) is 12.4 Å². The number of piperidine rings is 1. The summed E-state index contributed by atoms with van der Waals surface area (Å²) in [5.41, 5.74) is 5.02. The summed E-state index contributed by atoms with van der Waals surface area (Å²) in [5.74, 6) is 1.62. The van der Waals surface area contributed by atoms with Gasteiger partial charge in [0.05, 0.1) is 13.0 Å². The van der Waals surface area contributed by atoms with Gasteiger partial charge in [-0.2, -0.15) is 4.98 Å². The highest BCUT2D eigenvalue weighted by Crippen LogP contribution is 2.42. The maximum atomic E-state index is 12.8. The molecule has 3 atom stereocenters. The predicted molar refractivity (Wildman–Crippen MR) is 147 cm³/mol. The largest absolute Gasteiger partial charge is 0.496 e. The standard InChI is InChI=1S/C31H32N4O3/c1-19(23-12-15-28(37-2)27(18-23)24-16-25-13-14-26(17-24)32-25)30-34-31(35-38-30)33-29(36)22-10-8-21(9-11-22)20-6-4-3-5-7-20/h3-12,15,18-19,24-26,32H,13-14,16-17H2,1-2H3,(H,33,35,36). The molecule has 1 amide bonds. The minimum absolute atomic E-state index is 0.124. The van der Waals surface area contributed by atoms with E-state index in [0.29, 0.717) is 29.5 Å². The van der Waals surface area contributed by atoms with E-state index < -0.39 is 0 Å². The van der Waals surface area contributed by atoms with E-state index in [4.69, 9.17) is 9.26 Å². The number of nitrogens with one attached hydrogen (secondary N) is 2. The lowest BCUT2D eigenvalue weighted by Crippen LogP contribution is -2.37. The zero-order chi connectivity index (χ0) is 26.1. The molecule has 0 aliphatic carbocycles. The van der Waals surface area contributed by atoms with E-state index in [0.717, 1.165) is 35.3 Å². The molecule has 0 spiro atoms. The average molecular weight is 509 g/mol. The molecule has 3 aromatic carbocycles. The van der Waals surface area contributed by atoms with Gasteiger partial charge < -0.3 is 14.6 Å². The molecule has 7 heteroatoms. The normalized spacial score (nSPS) is 21.2. The Balaban J connectivity index is 1.15. The number of carbonyl (C=O) groups excluding carboxylic acids is 1. The van der Waals surface area contributed by atoms with Gasteiger partial charge in [0.2, 0.25) is 5.89 Å². The number of rotatable bonds is 7. The Hall–Kier alpha value is -3.97. The van der Waals surface area contributed by atoms with Crippen molar-refractivity contribution in [3.05, 3.63) is 95.4 Å². The zero-order valence-electron chi connectivity index (χ0n) is 21.7. The number of nitrogens with zero attached hydrogens (tertiary/aromatic N) is 2. The van der Waals surface area contributed by atoms with Gasteiger partial charge in [-0.1, -0.05) is 54.6 Å². The smallest absolute Gasteiger partial charge is 0.270 e. The van der Waals surface area contributed by atoms with Crippen LogP contribution in [0.15, 0.2) is 77.3 Å². The second-order valence-electron chi connectivity index (χ2n) is 10.4. The van der Waals surface area contributed by atoms with Crippen molar-refractivity contribution in [2.24, 2.45) is 0 Å². The summed E-state index contributed by atoms with van der Waals surface area (Å²) >= 11 is 0. The monoisotopic (exact) mass is 508 g/mol. The Morgan fingerprint density at radius 3 is 2.42 bits per heavy atom. The Morgan fingerprint density at radius 2 is 1.71 bits per heavy atom. The van der Waals surface area contributed by atoms with E-state index >= 15 is 0 Å². The average Bonchev–Trinajstić information content (AvgIpc) is 3.57. The summed E-state index contributed by atoms with van der Waals surface area (Å²) in [6.45, 7) is 2.04. The quantitative estimate of drug-likeness (QED) is 0.311. The molecule has 2 saturated heterocycles. The fourth-order valence-corrected chi connectivity index (χ4v) is 5.88. The second kappa shape index (κ2) is 10.4. The number of hydrogen-bond acceptors (Lipinski definition) is 6. The fourth-order valence-electron chi connectivity index (χ4n) is 5.88. The van der Waals surface area contributed by atoms with Crippen LogP contribution in [0.3, 0.4) is 0 Å². The highest BCUT2D eigenvalue weighted by Gasteiger charge is 2.35. The van der Waals surface area contributed by atoms with Gasteiger partial charge in [0.15, 0.2) is 0 Å². The molecule has 3 heterocycles. The van der Waals surface area contributed by atoms with Crippen LogP contribution in [0.1, 0.15) is 71.8 Å². The van der Waals surface area contributed by atoms with E-state index in [9.17, 15) is 4.79 Å². The molecule has 2 aliphatic heterocycles. The van der Waals surface area contributed by atoms with Crippen molar-refractivity contribution in [1.82, 2.24) is 15.5 Å². The van der Waals surface area contributed by atoms with Crippen molar-refractivity contribution in [1.29, 1.82) is 0 Å². The molecule has 1 aromatic heterocycles. The number of amides is 1. The first-order valence-corrected chi connectivity index (χ1v) is 13.3. The Labute approximate surface area is 222 Å². The molecule has 38 heavy (non-hydrogen) atoms. The SMILES string of the molecule is COc1ccc(C(C)c2nc(NC(=O)c3ccc(-c4ccccc4)cc3)no2)cc1C1CC2CCC(C1)N2. The van der Waals surface area contributed by atoms with Crippen LogP contribution in [0, 0.1) is 0 Å². The van der Waals surface area contributed by atoms with Crippen LogP contribution in [-0.4, -0.2) is 35.2 Å². The third-order valence-electron chi connectivity index (χ3n) is 7.96. The number of hydrogen-bond donors (Lipinski definition) is 2. The van der Waals surface area contributed by atoms with Crippen LogP contribution in [0.25, 0.3) is 11.1 Å². The van der Waals surface area contributed by atoms with Gasteiger partial charge in [-0.25, -0.2) is 0 Å². The topological polar surface area (TPSA) is 89.3 Å². The Kier molecular flexibility index (Phi) is 6.68. The van der Waals surface area contributed by atoms with Gasteiger partial charge in [-0.15, -0.1) is 0 Å². The lowest BCUT2D eigenvalue weighted by atomic mass is 9.84. The van der Waals surface area contributed by atoms with Gasteiger partial charge in [0, 0.05) is 17.6 Å². The number of aromatic nitrogens is 2. The maximum absolute atomic E-state index is 12.8. The summed E-state index contributed by atoms with van der Waals surface area (Å²) in [6.07, 6.45) is 4.78. The first kappa shape index (κ1) is 24.4. The van der Waals surface area contributed by atoms with Crippen molar-refractivity contribution in [3.8, 4) is 16.9 Å². The summed E-state index contributed by atoms with van der Waals surface area (Å²) in [5, 5.41) is 10.5. The number of anilines is 1. The molecule has 3 unspecified atom stereocenters. The van der Waals surface area contributed by atoms with Crippen LogP contribution in [-0.2, 0) is 0 Å². The molecule has 2 N–H and O–H groups in total. The first-order chi connectivity index (χ1) is 18.6. The van der Waals surface area contributed by atoms with Gasteiger partial charge >= 0.3 is 0 Å². The summed E-state index contributed by atoms with van der Waals surface area (Å²) in [7, 11) is 1.74. The van der Waals surface area contributed by atoms with Crippen LogP contribution >= 0.6 is 0 Å². The van der Waals surface area contributed by atoms with Crippen LogP contribution in [0.5, 0.6) is 5.75 Å². The molecular formula is C31H32N4O3. The van der Waals surface area contributed by atoms with Crippen LogP contribution in [0.2, 0.25) is 0 Å².